The summed E-state index contributed by atoms with van der Waals surface area (Å²) in [5.41, 5.74) is 0.249. The molecule has 25 heavy (non-hydrogen) atoms. The van der Waals surface area contributed by atoms with E-state index in [2.05, 4.69) is 26.8 Å². The van der Waals surface area contributed by atoms with Crippen molar-refractivity contribution in [2.24, 2.45) is 34.5 Å². The lowest BCUT2D eigenvalue weighted by atomic mass is 9.46. The second kappa shape index (κ2) is 5.42. The van der Waals surface area contributed by atoms with E-state index in [-0.39, 0.29) is 28.6 Å². The summed E-state index contributed by atoms with van der Waals surface area (Å²) in [5.74, 6) is 1.64. The zero-order chi connectivity index (χ0) is 18.2. The maximum Gasteiger partial charge on any atom is 0.162 e. The Balaban J connectivity index is 1.72. The molecule has 0 aromatic rings. The van der Waals surface area contributed by atoms with Gasteiger partial charge in [-0.2, -0.15) is 0 Å². The third kappa shape index (κ3) is 2.09. The highest BCUT2D eigenvalue weighted by atomic mass is 16.3. The Kier molecular flexibility index (Phi) is 3.84. The summed E-state index contributed by atoms with van der Waals surface area (Å²) in [4.78, 5) is 12.4. The molecule has 0 aromatic heterocycles. The Hall–Kier alpha value is -0.670. The molecule has 0 saturated heterocycles. The van der Waals surface area contributed by atoms with Crippen molar-refractivity contribution in [3.8, 4) is 0 Å². The number of fused-ring (bicyclic) bond motifs is 5. The topological polar surface area (TPSA) is 57.5 Å². The summed E-state index contributed by atoms with van der Waals surface area (Å²) in [6, 6.07) is 0. The molecule has 4 aliphatic carbocycles. The minimum Gasteiger partial charge on any atom is -0.393 e. The van der Waals surface area contributed by atoms with Crippen molar-refractivity contribution in [1.29, 1.82) is 0 Å². The highest BCUT2D eigenvalue weighted by Gasteiger charge is 2.67. The summed E-state index contributed by atoms with van der Waals surface area (Å²) in [6.07, 6.45) is 9.15. The van der Waals surface area contributed by atoms with E-state index in [0.717, 1.165) is 44.9 Å². The van der Waals surface area contributed by atoms with Crippen molar-refractivity contribution in [3.63, 3.8) is 0 Å². The molecule has 0 heterocycles. The van der Waals surface area contributed by atoms with E-state index in [9.17, 15) is 15.0 Å². The van der Waals surface area contributed by atoms with Crippen molar-refractivity contribution >= 4 is 5.78 Å². The van der Waals surface area contributed by atoms with Gasteiger partial charge in [-0.05, 0) is 81.0 Å². The van der Waals surface area contributed by atoms with Gasteiger partial charge in [0.2, 0.25) is 0 Å². The first kappa shape index (κ1) is 17.7. The van der Waals surface area contributed by atoms with Crippen LogP contribution in [0.2, 0.25) is 0 Å². The van der Waals surface area contributed by atoms with Crippen LogP contribution in [0.25, 0.3) is 0 Å². The van der Waals surface area contributed by atoms with Crippen molar-refractivity contribution in [2.45, 2.75) is 84.3 Å². The molecular weight excluding hydrogens is 312 g/mol. The summed E-state index contributed by atoms with van der Waals surface area (Å²) >= 11 is 0. The van der Waals surface area contributed by atoms with Gasteiger partial charge in [-0.25, -0.2) is 0 Å². The van der Waals surface area contributed by atoms with Crippen LogP contribution in [0.15, 0.2) is 11.6 Å². The molecule has 4 rings (SSSR count). The Morgan fingerprint density at radius 3 is 2.60 bits per heavy atom. The second-order valence-electron chi connectivity index (χ2n) is 10.1. The molecule has 3 fully saturated rings. The minimum absolute atomic E-state index is 0.0394. The van der Waals surface area contributed by atoms with Gasteiger partial charge < -0.3 is 10.2 Å². The number of ketones is 1. The molecule has 8 atom stereocenters. The van der Waals surface area contributed by atoms with E-state index >= 15 is 0 Å². The highest BCUT2D eigenvalue weighted by Crippen LogP contribution is 2.68. The fourth-order valence-corrected chi connectivity index (χ4v) is 7.73. The number of hydrogen-bond acceptors (Lipinski definition) is 3. The minimum atomic E-state index is -1.16. The predicted octanol–water partition coefficient (Wildman–Crippen LogP) is 3.88. The largest absolute Gasteiger partial charge is 0.393 e. The molecular formula is C22H34O3. The van der Waals surface area contributed by atoms with Crippen molar-refractivity contribution in [3.05, 3.63) is 11.6 Å². The second-order valence-corrected chi connectivity index (χ2v) is 10.1. The van der Waals surface area contributed by atoms with Gasteiger partial charge in [0, 0.05) is 5.41 Å². The van der Waals surface area contributed by atoms with Gasteiger partial charge in [-0.15, -0.1) is 0 Å². The lowest BCUT2D eigenvalue weighted by Gasteiger charge is -2.58. The van der Waals surface area contributed by atoms with Crippen LogP contribution in [-0.2, 0) is 4.79 Å². The molecule has 3 heteroatoms. The monoisotopic (exact) mass is 346 g/mol. The summed E-state index contributed by atoms with van der Waals surface area (Å²) in [7, 11) is 0. The lowest BCUT2D eigenvalue weighted by molar-refractivity contribution is -0.165. The van der Waals surface area contributed by atoms with Gasteiger partial charge in [0.05, 0.1) is 6.10 Å². The predicted molar refractivity (Wildman–Crippen MR) is 97.9 cm³/mol. The van der Waals surface area contributed by atoms with Crippen LogP contribution in [0.3, 0.4) is 0 Å². The van der Waals surface area contributed by atoms with Gasteiger partial charge in [0.15, 0.2) is 5.78 Å². The number of allylic oxidation sites excluding steroid dienone is 1. The van der Waals surface area contributed by atoms with Gasteiger partial charge in [0.1, 0.15) is 5.60 Å². The molecule has 0 aliphatic heterocycles. The van der Waals surface area contributed by atoms with Crippen LogP contribution < -0.4 is 0 Å². The van der Waals surface area contributed by atoms with E-state index in [1.165, 1.54) is 5.57 Å². The van der Waals surface area contributed by atoms with E-state index in [1.54, 1.807) is 6.92 Å². The number of carbonyl (C=O) groups is 1. The van der Waals surface area contributed by atoms with E-state index < -0.39 is 5.60 Å². The number of hydrogen-bond donors (Lipinski definition) is 2. The molecule has 0 amide bonds. The molecule has 0 spiro atoms. The van der Waals surface area contributed by atoms with Crippen LogP contribution in [0, 0.1) is 34.5 Å². The summed E-state index contributed by atoms with van der Waals surface area (Å²) in [5, 5.41) is 21.5. The third-order valence-electron chi connectivity index (χ3n) is 9.20. The number of aliphatic hydroxyl groups is 2. The molecule has 0 aromatic carbocycles. The fraction of sp³-hybridized carbons (Fsp3) is 0.864. The normalized spacial score (nSPS) is 55.0. The van der Waals surface area contributed by atoms with Gasteiger partial charge >= 0.3 is 0 Å². The number of aliphatic hydroxyl groups excluding tert-OH is 1. The third-order valence-corrected chi connectivity index (χ3v) is 9.20. The molecule has 3 nitrogen and oxygen atoms in total. The zero-order valence-corrected chi connectivity index (χ0v) is 16.2. The van der Waals surface area contributed by atoms with Crippen LogP contribution in [0.4, 0.5) is 0 Å². The lowest BCUT2D eigenvalue weighted by Crippen LogP contribution is -2.58. The molecule has 2 N–H and O–H groups in total. The van der Waals surface area contributed by atoms with Gasteiger partial charge in [-0.3, -0.25) is 4.79 Å². The molecule has 0 radical (unpaired) electrons. The van der Waals surface area contributed by atoms with Crippen molar-refractivity contribution in [2.75, 3.05) is 0 Å². The van der Waals surface area contributed by atoms with Gasteiger partial charge in [0.25, 0.3) is 0 Å². The quantitative estimate of drug-likeness (QED) is 0.709. The maximum absolute atomic E-state index is 12.4. The Labute approximate surface area is 151 Å². The van der Waals surface area contributed by atoms with Crippen molar-refractivity contribution < 1.29 is 15.0 Å². The molecule has 0 unspecified atom stereocenters. The van der Waals surface area contributed by atoms with Crippen LogP contribution in [-0.4, -0.2) is 27.7 Å². The van der Waals surface area contributed by atoms with Crippen LogP contribution in [0.5, 0.6) is 0 Å². The first-order chi connectivity index (χ1) is 11.6. The number of Topliss-reactive ketones (excluding diaryl/α,β-unsaturated/α-hetero) is 1. The van der Waals surface area contributed by atoms with E-state index in [1.807, 2.05) is 0 Å². The molecule has 140 valence electrons. The average Bonchev–Trinajstić information content (AvgIpc) is 2.77. The summed E-state index contributed by atoms with van der Waals surface area (Å²) in [6.45, 7) is 8.26. The maximum atomic E-state index is 12.4. The Morgan fingerprint density at radius 1 is 1.20 bits per heavy atom. The molecule has 3 saturated carbocycles. The fourth-order valence-electron chi connectivity index (χ4n) is 7.73. The van der Waals surface area contributed by atoms with Crippen LogP contribution in [0.1, 0.15) is 72.6 Å². The van der Waals surface area contributed by atoms with Crippen molar-refractivity contribution in [1.82, 2.24) is 0 Å². The molecule has 4 aliphatic rings. The highest BCUT2D eigenvalue weighted by molar-refractivity contribution is 5.86. The van der Waals surface area contributed by atoms with Gasteiger partial charge in [-0.1, -0.05) is 32.4 Å². The first-order valence-electron chi connectivity index (χ1n) is 10.3. The SMILES string of the molecule is CC(=O)[C@@]1(O)[C@@H](C)C[C@H]2[C@@H]3CC=C4C[C@H](O)CC[C@]4(C)[C@H]3CC[C@@]21C. The van der Waals surface area contributed by atoms with Crippen LogP contribution >= 0.6 is 0 Å². The number of carbonyl (C=O) groups excluding carboxylic acids is 1. The summed E-state index contributed by atoms with van der Waals surface area (Å²) < 4.78 is 0. The van der Waals surface area contributed by atoms with E-state index in [4.69, 9.17) is 0 Å². The van der Waals surface area contributed by atoms with E-state index in [0.29, 0.717) is 17.8 Å². The Morgan fingerprint density at radius 2 is 1.92 bits per heavy atom. The number of rotatable bonds is 1. The first-order valence-corrected chi connectivity index (χ1v) is 10.3. The zero-order valence-electron chi connectivity index (χ0n) is 16.2. The smallest absolute Gasteiger partial charge is 0.162 e. The average molecular weight is 347 g/mol. The molecule has 0 bridgehead atoms. The standard InChI is InChI=1S/C22H34O3/c1-13-11-19-17-6-5-15-12-16(24)7-9-20(15,3)18(17)8-10-21(19,4)22(13,25)14(2)23/h5,13,16-19,24-25H,6-12H2,1-4H3/t13-,16+,17+,18-,19-,20-,21-,22-/m0/s1. The Bertz CT molecular complexity index is 625.